The number of allylic oxidation sites excluding steroid dienone is 6. The maximum absolute atomic E-state index is 2.41. The standard InChI is InChI=1S/C11H14/c1-2-6-10-8-4-5-9-11(10)7-3-1/h2,6,8-9H,1,3-5,7H2. The molecule has 2 rings (SSSR count). The molecule has 11 heavy (non-hydrogen) atoms. The van der Waals surface area contributed by atoms with Crippen LogP contribution in [0, 0.1) is 0 Å². The van der Waals surface area contributed by atoms with Gasteiger partial charge in [-0.3, -0.25) is 0 Å². The van der Waals surface area contributed by atoms with E-state index in [1.165, 1.54) is 37.7 Å². The van der Waals surface area contributed by atoms with Crippen molar-refractivity contribution < 1.29 is 0 Å². The smallest absolute Gasteiger partial charge is 0.0271 e. The molecule has 0 N–H and O–H groups in total. The second kappa shape index (κ2) is 3.08. The van der Waals surface area contributed by atoms with Crippen LogP contribution >= 0.6 is 0 Å². The molecule has 0 unspecified atom stereocenters. The maximum Gasteiger partial charge on any atom is -0.0271 e. The van der Waals surface area contributed by atoms with E-state index in [2.05, 4.69) is 24.3 Å². The van der Waals surface area contributed by atoms with Gasteiger partial charge >= 0.3 is 0 Å². The minimum Gasteiger partial charge on any atom is -0.0839 e. The van der Waals surface area contributed by atoms with E-state index in [1.54, 1.807) is 5.57 Å². The van der Waals surface area contributed by atoms with Crippen molar-refractivity contribution in [3.63, 3.8) is 0 Å². The lowest BCUT2D eigenvalue weighted by atomic mass is 9.96. The third kappa shape index (κ3) is 1.45. The van der Waals surface area contributed by atoms with Crippen molar-refractivity contribution in [1.29, 1.82) is 0 Å². The van der Waals surface area contributed by atoms with Gasteiger partial charge in [-0.25, -0.2) is 0 Å². The molecule has 2 aliphatic carbocycles. The van der Waals surface area contributed by atoms with E-state index < -0.39 is 0 Å². The van der Waals surface area contributed by atoms with Gasteiger partial charge in [0.1, 0.15) is 0 Å². The van der Waals surface area contributed by atoms with E-state index in [1.807, 2.05) is 0 Å². The summed E-state index contributed by atoms with van der Waals surface area (Å²) in [7, 11) is 0. The highest BCUT2D eigenvalue weighted by atomic mass is 14.1. The van der Waals surface area contributed by atoms with Gasteiger partial charge in [-0.05, 0) is 43.3 Å². The van der Waals surface area contributed by atoms with Crippen LogP contribution in [0.1, 0.15) is 32.1 Å². The average Bonchev–Trinajstić information content (AvgIpc) is 2.28. The summed E-state index contributed by atoms with van der Waals surface area (Å²) in [4.78, 5) is 0. The first-order chi connectivity index (χ1) is 5.47. The first kappa shape index (κ1) is 6.90. The van der Waals surface area contributed by atoms with Crippen LogP contribution in [-0.4, -0.2) is 0 Å². The van der Waals surface area contributed by atoms with Crippen molar-refractivity contribution >= 4 is 0 Å². The number of fused-ring (bicyclic) bond motifs is 1. The zero-order chi connectivity index (χ0) is 7.52. The Bertz CT molecular complexity index is 228. The Morgan fingerprint density at radius 3 is 2.91 bits per heavy atom. The van der Waals surface area contributed by atoms with Crippen molar-refractivity contribution in [3.05, 3.63) is 35.5 Å². The molecule has 0 amide bonds. The summed E-state index contributed by atoms with van der Waals surface area (Å²) in [6, 6.07) is 0. The molecule has 0 nitrogen and oxygen atoms in total. The molecule has 2 aliphatic rings. The van der Waals surface area contributed by atoms with E-state index in [-0.39, 0.29) is 0 Å². The highest BCUT2D eigenvalue weighted by Gasteiger charge is 2.07. The van der Waals surface area contributed by atoms with Gasteiger partial charge in [-0.1, -0.05) is 24.3 Å². The molecule has 0 bridgehead atoms. The normalized spacial score (nSPS) is 23.3. The molecule has 0 fully saturated rings. The Labute approximate surface area is 68.3 Å². The van der Waals surface area contributed by atoms with Crippen LogP contribution in [0.3, 0.4) is 0 Å². The minimum absolute atomic E-state index is 1.24. The molecule has 0 radical (unpaired) electrons. The lowest BCUT2D eigenvalue weighted by Crippen LogP contribution is -1.90. The maximum atomic E-state index is 2.41. The van der Waals surface area contributed by atoms with Crippen molar-refractivity contribution in [2.45, 2.75) is 32.1 Å². The number of hydrogen-bond donors (Lipinski definition) is 0. The van der Waals surface area contributed by atoms with Crippen molar-refractivity contribution in [2.75, 3.05) is 0 Å². The molecule has 0 heteroatoms. The molecule has 0 aromatic heterocycles. The molecule has 0 heterocycles. The number of rotatable bonds is 0. The predicted octanol–water partition coefficient (Wildman–Crippen LogP) is 3.37. The van der Waals surface area contributed by atoms with Crippen LogP contribution in [0.25, 0.3) is 0 Å². The van der Waals surface area contributed by atoms with Gasteiger partial charge in [0, 0.05) is 0 Å². The molecule has 58 valence electrons. The van der Waals surface area contributed by atoms with Gasteiger partial charge in [-0.2, -0.15) is 0 Å². The van der Waals surface area contributed by atoms with Crippen LogP contribution in [0.2, 0.25) is 0 Å². The Morgan fingerprint density at radius 2 is 1.91 bits per heavy atom. The van der Waals surface area contributed by atoms with Crippen LogP contribution in [0.4, 0.5) is 0 Å². The van der Waals surface area contributed by atoms with Crippen molar-refractivity contribution in [1.82, 2.24) is 0 Å². The van der Waals surface area contributed by atoms with Crippen molar-refractivity contribution in [3.8, 4) is 0 Å². The largest absolute Gasteiger partial charge is 0.0839 e. The van der Waals surface area contributed by atoms with Crippen LogP contribution < -0.4 is 0 Å². The molecule has 0 aromatic rings. The Hall–Kier alpha value is -0.780. The van der Waals surface area contributed by atoms with E-state index in [0.717, 1.165) is 0 Å². The summed E-state index contributed by atoms with van der Waals surface area (Å²) in [5, 5.41) is 0. The zero-order valence-electron chi connectivity index (χ0n) is 6.84. The molecule has 0 saturated carbocycles. The molecule has 0 saturated heterocycles. The van der Waals surface area contributed by atoms with Crippen molar-refractivity contribution in [2.24, 2.45) is 0 Å². The fourth-order valence-electron chi connectivity index (χ4n) is 1.79. The Balaban J connectivity index is 2.27. The second-order valence-electron chi connectivity index (χ2n) is 3.26. The van der Waals surface area contributed by atoms with Gasteiger partial charge in [0.25, 0.3) is 0 Å². The Kier molecular flexibility index (Phi) is 1.93. The zero-order valence-corrected chi connectivity index (χ0v) is 6.84. The monoisotopic (exact) mass is 146 g/mol. The van der Waals surface area contributed by atoms with Gasteiger partial charge < -0.3 is 0 Å². The van der Waals surface area contributed by atoms with E-state index in [4.69, 9.17) is 0 Å². The first-order valence-corrected chi connectivity index (χ1v) is 4.53. The predicted molar refractivity (Wildman–Crippen MR) is 48.4 cm³/mol. The van der Waals surface area contributed by atoms with Gasteiger partial charge in [0.2, 0.25) is 0 Å². The fourth-order valence-corrected chi connectivity index (χ4v) is 1.79. The summed E-state index contributed by atoms with van der Waals surface area (Å²) >= 11 is 0. The summed E-state index contributed by atoms with van der Waals surface area (Å²) in [6.45, 7) is 0. The third-order valence-electron chi connectivity index (χ3n) is 2.41. The summed E-state index contributed by atoms with van der Waals surface area (Å²) < 4.78 is 0. The molecule has 0 aliphatic heterocycles. The molecule has 0 spiro atoms. The third-order valence-corrected chi connectivity index (χ3v) is 2.41. The van der Waals surface area contributed by atoms with Gasteiger partial charge in [0.15, 0.2) is 0 Å². The number of hydrogen-bond acceptors (Lipinski definition) is 0. The van der Waals surface area contributed by atoms with Crippen LogP contribution in [0.15, 0.2) is 35.5 Å². The molecular weight excluding hydrogens is 132 g/mol. The summed E-state index contributed by atoms with van der Waals surface area (Å²) in [5.74, 6) is 0. The lowest BCUT2D eigenvalue weighted by molar-refractivity contribution is 0.838. The Morgan fingerprint density at radius 1 is 1.00 bits per heavy atom. The highest BCUT2D eigenvalue weighted by molar-refractivity contribution is 5.42. The van der Waals surface area contributed by atoms with Crippen LogP contribution in [-0.2, 0) is 0 Å². The molecule has 0 aromatic carbocycles. The van der Waals surface area contributed by atoms with E-state index in [9.17, 15) is 0 Å². The van der Waals surface area contributed by atoms with E-state index in [0.29, 0.717) is 0 Å². The minimum atomic E-state index is 1.24. The second-order valence-corrected chi connectivity index (χ2v) is 3.26. The SMILES string of the molecule is C1=CC2=CCCC=C2CCC1. The average molecular weight is 146 g/mol. The summed E-state index contributed by atoms with van der Waals surface area (Å²) in [6.07, 6.45) is 15.8. The lowest BCUT2D eigenvalue weighted by Gasteiger charge is -2.10. The highest BCUT2D eigenvalue weighted by Crippen LogP contribution is 2.26. The molecule has 0 atom stereocenters. The topological polar surface area (TPSA) is 0 Å². The fraction of sp³-hybridized carbons (Fsp3) is 0.455. The first-order valence-electron chi connectivity index (χ1n) is 4.53. The van der Waals surface area contributed by atoms with E-state index >= 15 is 0 Å². The van der Waals surface area contributed by atoms with Gasteiger partial charge in [0.05, 0.1) is 0 Å². The van der Waals surface area contributed by atoms with Crippen LogP contribution in [0.5, 0.6) is 0 Å². The van der Waals surface area contributed by atoms with Gasteiger partial charge in [-0.15, -0.1) is 0 Å². The summed E-state index contributed by atoms with van der Waals surface area (Å²) in [5.41, 5.74) is 3.08. The molecular formula is C11H14. The quantitative estimate of drug-likeness (QED) is 0.491.